The van der Waals surface area contributed by atoms with Gasteiger partial charge in [-0.15, -0.1) is 0 Å². The van der Waals surface area contributed by atoms with Crippen LogP contribution in [0, 0.1) is 0 Å². The lowest BCUT2D eigenvalue weighted by atomic mass is 9.86. The van der Waals surface area contributed by atoms with E-state index in [1.54, 1.807) is 0 Å². The number of fused-ring (bicyclic) bond motifs is 2. The number of aromatic nitrogens is 2. The SMILES string of the molecule is O=C(C1c2ccccc2Oc2ccccc21)N1CCCC(Oc2ncc(Cl)cn2)C1. The Balaban J connectivity index is 1.40. The molecule has 1 unspecified atom stereocenters. The van der Waals surface area contributed by atoms with Crippen LogP contribution in [0.1, 0.15) is 29.9 Å². The Bertz CT molecular complexity index is 1030. The van der Waals surface area contributed by atoms with Crippen LogP contribution in [0.15, 0.2) is 60.9 Å². The van der Waals surface area contributed by atoms with Gasteiger partial charge in [0, 0.05) is 17.7 Å². The zero-order valence-corrected chi connectivity index (χ0v) is 17.0. The average molecular weight is 422 g/mol. The first-order valence-corrected chi connectivity index (χ1v) is 10.4. The van der Waals surface area contributed by atoms with Crippen LogP contribution in [-0.2, 0) is 4.79 Å². The second-order valence-electron chi connectivity index (χ2n) is 7.46. The van der Waals surface area contributed by atoms with Gasteiger partial charge in [-0.3, -0.25) is 4.79 Å². The first-order chi connectivity index (χ1) is 14.7. The number of hydrogen-bond acceptors (Lipinski definition) is 5. The number of likely N-dealkylation sites (tertiary alicyclic amines) is 1. The summed E-state index contributed by atoms with van der Waals surface area (Å²) in [6.45, 7) is 1.19. The lowest BCUT2D eigenvalue weighted by Crippen LogP contribution is -2.46. The Kier molecular flexibility index (Phi) is 5.01. The predicted octanol–water partition coefficient (Wildman–Crippen LogP) is 4.44. The van der Waals surface area contributed by atoms with Gasteiger partial charge < -0.3 is 14.4 Å². The van der Waals surface area contributed by atoms with E-state index in [0.29, 0.717) is 18.1 Å². The van der Waals surface area contributed by atoms with Crippen molar-refractivity contribution in [2.24, 2.45) is 0 Å². The summed E-state index contributed by atoms with van der Waals surface area (Å²) in [7, 11) is 0. The zero-order chi connectivity index (χ0) is 20.5. The molecule has 0 spiro atoms. The van der Waals surface area contributed by atoms with Crippen LogP contribution in [0.2, 0.25) is 5.02 Å². The van der Waals surface area contributed by atoms with Crippen molar-refractivity contribution in [2.45, 2.75) is 24.9 Å². The minimum Gasteiger partial charge on any atom is -0.458 e. The van der Waals surface area contributed by atoms with Crippen molar-refractivity contribution in [3.05, 3.63) is 77.1 Å². The molecule has 2 aliphatic heterocycles. The summed E-state index contributed by atoms with van der Waals surface area (Å²) >= 11 is 5.84. The Morgan fingerprint density at radius 1 is 1.03 bits per heavy atom. The zero-order valence-electron chi connectivity index (χ0n) is 16.2. The summed E-state index contributed by atoms with van der Waals surface area (Å²) in [4.78, 5) is 23.8. The topological polar surface area (TPSA) is 64.5 Å². The van der Waals surface area contributed by atoms with E-state index in [0.717, 1.165) is 35.5 Å². The second-order valence-corrected chi connectivity index (χ2v) is 7.90. The van der Waals surface area contributed by atoms with Gasteiger partial charge in [-0.1, -0.05) is 48.0 Å². The van der Waals surface area contributed by atoms with Crippen molar-refractivity contribution >= 4 is 17.5 Å². The second kappa shape index (κ2) is 7.95. The van der Waals surface area contributed by atoms with Gasteiger partial charge >= 0.3 is 6.01 Å². The number of ether oxygens (including phenoxy) is 2. The lowest BCUT2D eigenvalue weighted by Gasteiger charge is -2.36. The molecule has 0 N–H and O–H groups in total. The maximum Gasteiger partial charge on any atom is 0.316 e. The molecule has 1 atom stereocenters. The molecule has 0 radical (unpaired) electrons. The van der Waals surface area contributed by atoms with Crippen LogP contribution < -0.4 is 9.47 Å². The quantitative estimate of drug-likeness (QED) is 0.625. The fourth-order valence-corrected chi connectivity index (χ4v) is 4.20. The van der Waals surface area contributed by atoms with Crippen LogP contribution in [-0.4, -0.2) is 40.0 Å². The molecule has 0 saturated carbocycles. The van der Waals surface area contributed by atoms with Crippen LogP contribution in [0.25, 0.3) is 0 Å². The van der Waals surface area contributed by atoms with Crippen molar-refractivity contribution in [1.82, 2.24) is 14.9 Å². The third kappa shape index (κ3) is 3.59. The van der Waals surface area contributed by atoms with E-state index in [2.05, 4.69) is 9.97 Å². The normalized spacial score (nSPS) is 18.2. The molecule has 0 bridgehead atoms. The Morgan fingerprint density at radius 3 is 2.33 bits per heavy atom. The molecular weight excluding hydrogens is 402 g/mol. The van der Waals surface area contributed by atoms with Gasteiger partial charge in [0.2, 0.25) is 5.91 Å². The molecule has 1 saturated heterocycles. The lowest BCUT2D eigenvalue weighted by molar-refractivity contribution is -0.134. The summed E-state index contributed by atoms with van der Waals surface area (Å²) < 4.78 is 11.9. The highest BCUT2D eigenvalue weighted by Crippen LogP contribution is 2.44. The van der Waals surface area contributed by atoms with Crippen molar-refractivity contribution in [2.75, 3.05) is 13.1 Å². The number of halogens is 1. The number of hydrogen-bond donors (Lipinski definition) is 0. The fourth-order valence-electron chi connectivity index (χ4n) is 4.10. The highest BCUT2D eigenvalue weighted by Gasteiger charge is 2.37. The van der Waals surface area contributed by atoms with Crippen molar-refractivity contribution in [3.63, 3.8) is 0 Å². The van der Waals surface area contributed by atoms with E-state index in [1.165, 1.54) is 12.4 Å². The number of piperidine rings is 1. The summed E-state index contributed by atoms with van der Waals surface area (Å²) in [5, 5.41) is 0.458. The van der Waals surface area contributed by atoms with Gasteiger partial charge in [0.1, 0.15) is 17.6 Å². The van der Waals surface area contributed by atoms with Gasteiger partial charge in [0.05, 0.1) is 29.9 Å². The maximum atomic E-state index is 13.7. The van der Waals surface area contributed by atoms with Crippen molar-refractivity contribution < 1.29 is 14.3 Å². The monoisotopic (exact) mass is 421 g/mol. The summed E-state index contributed by atoms with van der Waals surface area (Å²) in [6, 6.07) is 15.8. The summed E-state index contributed by atoms with van der Waals surface area (Å²) in [6.07, 6.45) is 4.55. The van der Waals surface area contributed by atoms with Crippen LogP contribution >= 0.6 is 11.6 Å². The van der Waals surface area contributed by atoms with Crippen LogP contribution in [0.3, 0.4) is 0 Å². The van der Waals surface area contributed by atoms with Gasteiger partial charge in [-0.2, -0.15) is 0 Å². The molecule has 5 rings (SSSR count). The van der Waals surface area contributed by atoms with Crippen molar-refractivity contribution in [3.8, 4) is 17.5 Å². The standard InChI is InChI=1S/C23H20ClN3O3/c24-15-12-25-23(26-13-15)29-16-6-5-11-27(14-16)22(28)21-17-7-1-3-9-19(17)30-20-10-4-2-8-18(20)21/h1-4,7-10,12-13,16,21H,5-6,11,14H2. The molecule has 7 heteroatoms. The molecule has 1 aromatic heterocycles. The molecule has 0 aliphatic carbocycles. The summed E-state index contributed by atoms with van der Waals surface area (Å²) in [5.41, 5.74) is 1.79. The molecule has 1 fully saturated rings. The fraction of sp³-hybridized carbons (Fsp3) is 0.261. The van der Waals surface area contributed by atoms with Crippen LogP contribution in [0.4, 0.5) is 0 Å². The van der Waals surface area contributed by atoms with E-state index in [-0.39, 0.29) is 18.0 Å². The van der Waals surface area contributed by atoms with Gasteiger partial charge in [-0.05, 0) is 25.0 Å². The van der Waals surface area contributed by atoms with Gasteiger partial charge in [0.15, 0.2) is 0 Å². The molecule has 152 valence electrons. The largest absolute Gasteiger partial charge is 0.458 e. The van der Waals surface area contributed by atoms with E-state index >= 15 is 0 Å². The molecule has 2 aliphatic rings. The van der Waals surface area contributed by atoms with E-state index < -0.39 is 5.92 Å². The first-order valence-electron chi connectivity index (χ1n) is 9.98. The van der Waals surface area contributed by atoms with E-state index in [1.807, 2.05) is 53.4 Å². The number of amides is 1. The maximum absolute atomic E-state index is 13.7. The minimum atomic E-state index is -0.392. The highest BCUT2D eigenvalue weighted by atomic mass is 35.5. The van der Waals surface area contributed by atoms with Gasteiger partial charge in [-0.25, -0.2) is 9.97 Å². The number of nitrogens with zero attached hydrogens (tertiary/aromatic N) is 3. The average Bonchev–Trinajstić information content (AvgIpc) is 2.79. The molecule has 3 aromatic rings. The van der Waals surface area contributed by atoms with Crippen molar-refractivity contribution in [1.29, 1.82) is 0 Å². The third-order valence-electron chi connectivity index (χ3n) is 5.49. The first kappa shape index (κ1) is 18.9. The smallest absolute Gasteiger partial charge is 0.316 e. The highest BCUT2D eigenvalue weighted by molar-refractivity contribution is 6.30. The van der Waals surface area contributed by atoms with Gasteiger partial charge in [0.25, 0.3) is 0 Å². The number of benzene rings is 2. The number of rotatable bonds is 3. The number of para-hydroxylation sites is 2. The summed E-state index contributed by atoms with van der Waals surface area (Å²) in [5.74, 6) is 1.13. The molecule has 2 aromatic carbocycles. The Morgan fingerprint density at radius 2 is 1.67 bits per heavy atom. The molecule has 6 nitrogen and oxygen atoms in total. The molecule has 1 amide bonds. The van der Waals surface area contributed by atoms with E-state index in [9.17, 15) is 4.79 Å². The third-order valence-corrected chi connectivity index (χ3v) is 5.68. The Hall–Kier alpha value is -3.12. The molecular formula is C23H20ClN3O3. The minimum absolute atomic E-state index is 0.0588. The Labute approximate surface area is 179 Å². The van der Waals surface area contributed by atoms with E-state index in [4.69, 9.17) is 21.1 Å². The van der Waals surface area contributed by atoms with Crippen LogP contribution in [0.5, 0.6) is 17.5 Å². The number of carbonyl (C=O) groups excluding carboxylic acids is 1. The predicted molar refractivity (Wildman–Crippen MR) is 112 cm³/mol. The molecule has 30 heavy (non-hydrogen) atoms. The molecule has 3 heterocycles. The number of carbonyl (C=O) groups is 1.